The molecule has 3 fully saturated rings. The third-order valence-electron chi connectivity index (χ3n) is 9.29. The van der Waals surface area contributed by atoms with E-state index in [1.165, 1.54) is 7.11 Å². The minimum absolute atomic E-state index is 0.0115. The number of carbonyl (C=O) groups is 1. The minimum atomic E-state index is -4.57. The molecule has 0 spiro atoms. The van der Waals surface area contributed by atoms with Gasteiger partial charge in [0.1, 0.15) is 0 Å². The van der Waals surface area contributed by atoms with Gasteiger partial charge in [0, 0.05) is 63.9 Å². The van der Waals surface area contributed by atoms with Gasteiger partial charge in [-0.15, -0.1) is 0 Å². The topological polar surface area (TPSA) is 89.5 Å². The Kier molecular flexibility index (Phi) is 10.7. The second-order valence-electron chi connectivity index (χ2n) is 12.4. The first-order chi connectivity index (χ1) is 23.2. The molecule has 0 N–H and O–H groups in total. The van der Waals surface area contributed by atoms with Crippen LogP contribution >= 0.6 is 0 Å². The maximum absolute atomic E-state index is 13.5. The fourth-order valence-corrected chi connectivity index (χ4v) is 7.20. The molecule has 2 unspecified atom stereocenters. The SMILES string of the molecule is CCOc1nc(OC)c(CN2CC(C(c3ccccc3)c3ccccc3)N3CCN(C(=O)C4CCOC4)C[C@H]3C2)c(OCC(F)(F)F)n1. The average Bonchev–Trinajstić information content (AvgIpc) is 3.64. The van der Waals surface area contributed by atoms with E-state index in [1.54, 1.807) is 6.92 Å². The predicted octanol–water partition coefficient (Wildman–Crippen LogP) is 4.39. The number of ether oxygens (including phenoxy) is 4. The lowest BCUT2D eigenvalue weighted by molar-refractivity contribution is -0.154. The second kappa shape index (κ2) is 15.1. The van der Waals surface area contributed by atoms with Crippen molar-refractivity contribution in [2.75, 3.05) is 66.3 Å². The number of carbonyl (C=O) groups excluding carboxylic acids is 1. The summed E-state index contributed by atoms with van der Waals surface area (Å²) in [7, 11) is 1.41. The molecule has 1 aromatic heterocycles. The number of nitrogens with zero attached hydrogens (tertiary/aromatic N) is 5. The highest BCUT2D eigenvalue weighted by Gasteiger charge is 2.44. The van der Waals surface area contributed by atoms with Gasteiger partial charge in [-0.05, 0) is 24.5 Å². The summed E-state index contributed by atoms with van der Waals surface area (Å²) < 4.78 is 61.8. The van der Waals surface area contributed by atoms with Crippen LogP contribution in [-0.2, 0) is 16.1 Å². The molecule has 0 aliphatic carbocycles. The zero-order valence-corrected chi connectivity index (χ0v) is 27.3. The van der Waals surface area contributed by atoms with Crippen LogP contribution in [0.2, 0.25) is 0 Å². The molecule has 48 heavy (non-hydrogen) atoms. The van der Waals surface area contributed by atoms with Crippen molar-refractivity contribution in [3.63, 3.8) is 0 Å². The Morgan fingerprint density at radius 1 is 0.958 bits per heavy atom. The van der Waals surface area contributed by atoms with E-state index < -0.39 is 12.8 Å². The Morgan fingerprint density at radius 3 is 2.25 bits per heavy atom. The van der Waals surface area contributed by atoms with Crippen molar-refractivity contribution in [3.05, 3.63) is 77.4 Å². The van der Waals surface area contributed by atoms with E-state index in [9.17, 15) is 18.0 Å². The summed E-state index contributed by atoms with van der Waals surface area (Å²) >= 11 is 0. The summed E-state index contributed by atoms with van der Waals surface area (Å²) in [6.07, 6.45) is -3.85. The standard InChI is InChI=1S/C35H42F3N5O5/c1-3-47-34-39-31(45-2)28(32(40-34)48-23-35(36,37)38)20-41-18-27-19-42(33(44)26-14-17-46-22-26)15-16-43(27)29(21-41)30(24-10-6-4-7-11-24)25-12-8-5-9-13-25/h4-13,26-27,29-30H,3,14-23H2,1-2H3/t26?,27-,29?/m1/s1. The Hall–Kier alpha value is -3.94. The van der Waals surface area contributed by atoms with Crippen molar-refractivity contribution >= 4 is 5.91 Å². The highest BCUT2D eigenvalue weighted by atomic mass is 19.4. The van der Waals surface area contributed by atoms with E-state index in [4.69, 9.17) is 18.9 Å². The van der Waals surface area contributed by atoms with Gasteiger partial charge in [-0.2, -0.15) is 23.1 Å². The van der Waals surface area contributed by atoms with Gasteiger partial charge in [-0.3, -0.25) is 14.6 Å². The fraction of sp³-hybridized carbons (Fsp3) is 0.514. The fourth-order valence-electron chi connectivity index (χ4n) is 7.20. The number of alkyl halides is 3. The molecule has 13 heteroatoms. The van der Waals surface area contributed by atoms with Crippen LogP contribution < -0.4 is 14.2 Å². The van der Waals surface area contributed by atoms with Gasteiger partial charge in [-0.25, -0.2) is 0 Å². The quantitative estimate of drug-likeness (QED) is 0.295. The summed E-state index contributed by atoms with van der Waals surface area (Å²) in [5.74, 6) is -0.164. The maximum Gasteiger partial charge on any atom is 0.422 e. The van der Waals surface area contributed by atoms with Crippen molar-refractivity contribution in [2.45, 2.75) is 44.1 Å². The first-order valence-corrected chi connectivity index (χ1v) is 16.5. The van der Waals surface area contributed by atoms with Crippen LogP contribution in [0.25, 0.3) is 0 Å². The van der Waals surface area contributed by atoms with Crippen LogP contribution in [0.3, 0.4) is 0 Å². The molecule has 0 radical (unpaired) electrons. The summed E-state index contributed by atoms with van der Waals surface area (Å²) in [4.78, 5) is 28.8. The molecule has 10 nitrogen and oxygen atoms in total. The smallest absolute Gasteiger partial charge is 0.422 e. The largest absolute Gasteiger partial charge is 0.481 e. The molecule has 0 bridgehead atoms. The van der Waals surface area contributed by atoms with Crippen LogP contribution in [0, 0.1) is 5.92 Å². The van der Waals surface area contributed by atoms with Gasteiger partial charge in [0.25, 0.3) is 0 Å². The number of aromatic nitrogens is 2. The van der Waals surface area contributed by atoms with Crippen molar-refractivity contribution in [1.82, 2.24) is 24.7 Å². The van der Waals surface area contributed by atoms with E-state index in [0.29, 0.717) is 51.5 Å². The molecule has 2 aromatic carbocycles. The zero-order valence-electron chi connectivity index (χ0n) is 27.3. The third-order valence-corrected chi connectivity index (χ3v) is 9.29. The molecular weight excluding hydrogens is 627 g/mol. The lowest BCUT2D eigenvalue weighted by Crippen LogP contribution is -2.67. The predicted molar refractivity (Wildman–Crippen MR) is 171 cm³/mol. The van der Waals surface area contributed by atoms with Crippen LogP contribution in [0.4, 0.5) is 13.2 Å². The molecule has 4 heterocycles. The van der Waals surface area contributed by atoms with E-state index in [1.807, 2.05) is 41.3 Å². The van der Waals surface area contributed by atoms with E-state index in [-0.39, 0.29) is 60.7 Å². The van der Waals surface area contributed by atoms with E-state index in [0.717, 1.165) is 17.5 Å². The first kappa shape index (κ1) is 33.9. The molecule has 3 aliphatic heterocycles. The zero-order chi connectivity index (χ0) is 33.7. The molecule has 258 valence electrons. The van der Waals surface area contributed by atoms with E-state index in [2.05, 4.69) is 44.0 Å². The normalized spacial score (nSPS) is 22.0. The number of methoxy groups -OCH3 is 1. The monoisotopic (exact) mass is 669 g/mol. The van der Waals surface area contributed by atoms with Crippen LogP contribution in [0.15, 0.2) is 60.7 Å². The Bertz CT molecular complexity index is 1470. The average molecular weight is 670 g/mol. The van der Waals surface area contributed by atoms with Crippen LogP contribution in [-0.4, -0.2) is 115 Å². The number of rotatable bonds is 11. The summed E-state index contributed by atoms with van der Waals surface area (Å²) in [6, 6.07) is 20.5. The van der Waals surface area contributed by atoms with Gasteiger partial charge < -0.3 is 23.8 Å². The lowest BCUT2D eigenvalue weighted by Gasteiger charge is -2.53. The third kappa shape index (κ3) is 7.85. The molecular formula is C35H42F3N5O5. The highest BCUT2D eigenvalue weighted by Crippen LogP contribution is 2.38. The van der Waals surface area contributed by atoms with Crippen molar-refractivity contribution in [3.8, 4) is 17.8 Å². The lowest BCUT2D eigenvalue weighted by atomic mass is 9.81. The number of piperazine rings is 2. The minimum Gasteiger partial charge on any atom is -0.481 e. The molecule has 6 rings (SSSR count). The van der Waals surface area contributed by atoms with Crippen molar-refractivity contribution in [1.29, 1.82) is 0 Å². The number of amides is 1. The van der Waals surface area contributed by atoms with Crippen molar-refractivity contribution in [2.24, 2.45) is 5.92 Å². The second-order valence-corrected chi connectivity index (χ2v) is 12.4. The Labute approximate surface area is 278 Å². The number of hydrogen-bond donors (Lipinski definition) is 0. The number of halogens is 3. The maximum atomic E-state index is 13.5. The number of benzene rings is 2. The van der Waals surface area contributed by atoms with E-state index >= 15 is 0 Å². The molecule has 3 saturated heterocycles. The molecule has 3 aliphatic rings. The van der Waals surface area contributed by atoms with Gasteiger partial charge in [0.15, 0.2) is 6.61 Å². The van der Waals surface area contributed by atoms with Crippen LogP contribution in [0.1, 0.15) is 36.0 Å². The highest BCUT2D eigenvalue weighted by molar-refractivity contribution is 5.79. The Balaban J connectivity index is 1.36. The van der Waals surface area contributed by atoms with Crippen LogP contribution in [0.5, 0.6) is 17.8 Å². The molecule has 0 saturated carbocycles. The van der Waals surface area contributed by atoms with Crippen molar-refractivity contribution < 1.29 is 36.9 Å². The summed E-state index contributed by atoms with van der Waals surface area (Å²) in [5.41, 5.74) is 2.62. The summed E-state index contributed by atoms with van der Waals surface area (Å²) in [5, 5.41) is 0. The number of hydrogen-bond acceptors (Lipinski definition) is 9. The molecule has 1 amide bonds. The van der Waals surface area contributed by atoms with Gasteiger partial charge in [0.05, 0.1) is 31.8 Å². The molecule has 3 aromatic rings. The Morgan fingerprint density at radius 2 is 1.65 bits per heavy atom. The van der Waals surface area contributed by atoms with Gasteiger partial charge in [-0.1, -0.05) is 60.7 Å². The number of fused-ring (bicyclic) bond motifs is 1. The molecule has 3 atom stereocenters. The summed E-state index contributed by atoms with van der Waals surface area (Å²) in [6.45, 7) is 4.65. The van der Waals surface area contributed by atoms with Gasteiger partial charge >= 0.3 is 12.2 Å². The first-order valence-electron chi connectivity index (χ1n) is 16.5. The van der Waals surface area contributed by atoms with Gasteiger partial charge in [0.2, 0.25) is 17.7 Å².